The maximum Gasteiger partial charge on any atom is 0.0453 e. The molecule has 2 nitrogen and oxygen atoms in total. The fraction of sp³-hybridized carbons (Fsp3) is 0.667. The predicted octanol–water partition coefficient (Wildman–Crippen LogP) is 4.25. The first-order valence-corrected chi connectivity index (χ1v) is 8.41. The molecule has 1 heterocycles. The molecule has 1 aromatic carbocycles. The first kappa shape index (κ1) is 16.8. The van der Waals surface area contributed by atoms with Gasteiger partial charge in [-0.05, 0) is 36.0 Å². The van der Waals surface area contributed by atoms with Gasteiger partial charge in [0.25, 0.3) is 0 Å². The second kappa shape index (κ2) is 6.68. The lowest BCUT2D eigenvalue weighted by atomic mass is 9.83. The monoisotopic (exact) mass is 308 g/mol. The molecule has 21 heavy (non-hydrogen) atoms. The largest absolute Gasteiger partial charge is 0.311 e. The second-order valence-electron chi connectivity index (χ2n) is 7.42. The minimum atomic E-state index is 0.267. The van der Waals surface area contributed by atoms with Crippen molar-refractivity contribution in [1.29, 1.82) is 0 Å². The Kier molecular flexibility index (Phi) is 5.34. The van der Waals surface area contributed by atoms with E-state index in [-0.39, 0.29) is 5.41 Å². The number of hydrogen-bond acceptors (Lipinski definition) is 2. The average Bonchev–Trinajstić information content (AvgIpc) is 2.40. The van der Waals surface area contributed by atoms with E-state index >= 15 is 0 Å². The van der Waals surface area contributed by atoms with Crippen LogP contribution in [0, 0.1) is 12.3 Å². The van der Waals surface area contributed by atoms with Gasteiger partial charge in [0.15, 0.2) is 0 Å². The van der Waals surface area contributed by atoms with Crippen molar-refractivity contribution >= 4 is 11.6 Å². The van der Waals surface area contributed by atoms with Crippen LogP contribution < -0.4 is 5.32 Å². The lowest BCUT2D eigenvalue weighted by molar-refractivity contribution is 0.0485. The molecular formula is C18H29ClN2. The molecule has 0 saturated carbocycles. The van der Waals surface area contributed by atoms with E-state index in [0.29, 0.717) is 12.1 Å². The van der Waals surface area contributed by atoms with Crippen LogP contribution in [0.4, 0.5) is 0 Å². The summed E-state index contributed by atoms with van der Waals surface area (Å²) in [4.78, 5) is 2.61. The van der Waals surface area contributed by atoms with E-state index in [1.54, 1.807) is 0 Å². The van der Waals surface area contributed by atoms with Gasteiger partial charge in [0.2, 0.25) is 0 Å². The van der Waals surface area contributed by atoms with Crippen molar-refractivity contribution in [2.24, 2.45) is 5.41 Å². The molecule has 1 aromatic rings. The molecule has 2 unspecified atom stereocenters. The number of nitrogens with zero attached hydrogens (tertiary/aromatic N) is 1. The second-order valence-corrected chi connectivity index (χ2v) is 7.83. The number of rotatable bonds is 3. The Morgan fingerprint density at radius 3 is 2.62 bits per heavy atom. The Labute approximate surface area is 134 Å². The molecule has 0 spiro atoms. The zero-order valence-electron chi connectivity index (χ0n) is 14.0. The van der Waals surface area contributed by atoms with Crippen molar-refractivity contribution in [3.8, 4) is 0 Å². The average molecular weight is 309 g/mol. The third-order valence-corrected chi connectivity index (χ3v) is 4.92. The molecule has 0 aromatic heterocycles. The fourth-order valence-corrected chi connectivity index (χ4v) is 3.48. The van der Waals surface area contributed by atoms with Crippen molar-refractivity contribution in [2.75, 3.05) is 13.1 Å². The molecule has 1 fully saturated rings. The van der Waals surface area contributed by atoms with E-state index in [0.717, 1.165) is 24.7 Å². The van der Waals surface area contributed by atoms with Crippen LogP contribution in [0.5, 0.6) is 0 Å². The third-order valence-electron chi connectivity index (χ3n) is 4.57. The fourth-order valence-electron chi connectivity index (χ4n) is 3.18. The van der Waals surface area contributed by atoms with Gasteiger partial charge in [-0.2, -0.15) is 0 Å². The molecule has 118 valence electrons. The Morgan fingerprint density at radius 2 is 2.05 bits per heavy atom. The SMILES string of the molecule is CCC1CN(Cc2ccc(C)cc2Cl)C(C(C)(C)C)CN1. The summed E-state index contributed by atoms with van der Waals surface area (Å²) >= 11 is 6.44. The van der Waals surface area contributed by atoms with Crippen molar-refractivity contribution in [1.82, 2.24) is 10.2 Å². The number of benzene rings is 1. The van der Waals surface area contributed by atoms with Crippen LogP contribution >= 0.6 is 11.6 Å². The van der Waals surface area contributed by atoms with Crippen molar-refractivity contribution in [3.63, 3.8) is 0 Å². The van der Waals surface area contributed by atoms with E-state index in [1.165, 1.54) is 17.5 Å². The summed E-state index contributed by atoms with van der Waals surface area (Å²) in [5.41, 5.74) is 2.74. The number of hydrogen-bond donors (Lipinski definition) is 1. The lowest BCUT2D eigenvalue weighted by Gasteiger charge is -2.46. The molecule has 3 heteroatoms. The quantitative estimate of drug-likeness (QED) is 0.898. The summed E-state index contributed by atoms with van der Waals surface area (Å²) in [6.45, 7) is 14.4. The predicted molar refractivity (Wildman–Crippen MR) is 91.9 cm³/mol. The van der Waals surface area contributed by atoms with Crippen molar-refractivity contribution in [3.05, 3.63) is 34.3 Å². The topological polar surface area (TPSA) is 15.3 Å². The highest BCUT2D eigenvalue weighted by Crippen LogP contribution is 2.29. The Bertz CT molecular complexity index is 479. The van der Waals surface area contributed by atoms with Crippen LogP contribution in [0.15, 0.2) is 18.2 Å². The van der Waals surface area contributed by atoms with Crippen LogP contribution in [0.25, 0.3) is 0 Å². The van der Waals surface area contributed by atoms with Gasteiger partial charge < -0.3 is 5.32 Å². The van der Waals surface area contributed by atoms with Crippen molar-refractivity contribution in [2.45, 2.75) is 59.7 Å². The summed E-state index contributed by atoms with van der Waals surface area (Å²) in [5, 5.41) is 4.59. The van der Waals surface area contributed by atoms with E-state index in [9.17, 15) is 0 Å². The number of aryl methyl sites for hydroxylation is 1. The van der Waals surface area contributed by atoms with E-state index in [1.807, 2.05) is 0 Å². The zero-order valence-corrected chi connectivity index (χ0v) is 14.8. The molecule has 0 radical (unpaired) electrons. The number of halogens is 1. The van der Waals surface area contributed by atoms with Crippen LogP contribution in [-0.4, -0.2) is 30.1 Å². The highest BCUT2D eigenvalue weighted by Gasteiger charge is 2.35. The Morgan fingerprint density at radius 1 is 1.33 bits per heavy atom. The normalized spacial score (nSPS) is 24.3. The van der Waals surface area contributed by atoms with Crippen LogP contribution in [0.1, 0.15) is 45.2 Å². The van der Waals surface area contributed by atoms with Gasteiger partial charge in [0.05, 0.1) is 0 Å². The maximum atomic E-state index is 6.44. The summed E-state index contributed by atoms with van der Waals surface area (Å²) in [7, 11) is 0. The molecule has 0 bridgehead atoms. The molecule has 1 aliphatic heterocycles. The molecule has 2 rings (SSSR count). The van der Waals surface area contributed by atoms with Gasteiger partial charge in [0, 0.05) is 36.7 Å². The van der Waals surface area contributed by atoms with Gasteiger partial charge in [-0.1, -0.05) is 51.4 Å². The molecule has 0 amide bonds. The summed E-state index contributed by atoms with van der Waals surface area (Å²) in [5.74, 6) is 0. The number of nitrogens with one attached hydrogen (secondary N) is 1. The van der Waals surface area contributed by atoms with Crippen molar-refractivity contribution < 1.29 is 0 Å². The maximum absolute atomic E-state index is 6.44. The molecule has 0 aliphatic carbocycles. The highest BCUT2D eigenvalue weighted by molar-refractivity contribution is 6.31. The van der Waals surface area contributed by atoms with Crippen LogP contribution in [0.2, 0.25) is 5.02 Å². The first-order chi connectivity index (χ1) is 9.81. The minimum Gasteiger partial charge on any atom is -0.311 e. The summed E-state index contributed by atoms with van der Waals surface area (Å²) in [6, 6.07) is 7.54. The number of piperazine rings is 1. The smallest absolute Gasteiger partial charge is 0.0453 e. The van der Waals surface area contributed by atoms with E-state index < -0.39 is 0 Å². The third kappa shape index (κ3) is 4.21. The molecule has 1 aliphatic rings. The van der Waals surface area contributed by atoms with Crippen LogP contribution in [0.3, 0.4) is 0 Å². The lowest BCUT2D eigenvalue weighted by Crippen LogP contribution is -2.59. The summed E-state index contributed by atoms with van der Waals surface area (Å²) < 4.78 is 0. The van der Waals surface area contributed by atoms with Gasteiger partial charge in [-0.25, -0.2) is 0 Å². The Balaban J connectivity index is 2.19. The molecule has 1 N–H and O–H groups in total. The zero-order chi connectivity index (χ0) is 15.6. The van der Waals surface area contributed by atoms with Gasteiger partial charge in [-0.15, -0.1) is 0 Å². The first-order valence-electron chi connectivity index (χ1n) is 8.03. The molecule has 1 saturated heterocycles. The summed E-state index contributed by atoms with van der Waals surface area (Å²) in [6.07, 6.45) is 1.18. The minimum absolute atomic E-state index is 0.267. The van der Waals surface area contributed by atoms with E-state index in [2.05, 4.69) is 63.0 Å². The molecule has 2 atom stereocenters. The van der Waals surface area contributed by atoms with Crippen LogP contribution in [-0.2, 0) is 6.54 Å². The van der Waals surface area contributed by atoms with Gasteiger partial charge >= 0.3 is 0 Å². The highest BCUT2D eigenvalue weighted by atomic mass is 35.5. The Hall–Kier alpha value is -0.570. The van der Waals surface area contributed by atoms with Gasteiger partial charge in [-0.3, -0.25) is 4.90 Å². The standard InChI is InChI=1S/C18H29ClN2/c1-6-15-12-21(17(10-20-15)18(3,4)5)11-14-8-7-13(2)9-16(14)19/h7-9,15,17,20H,6,10-12H2,1-5H3. The molecular weight excluding hydrogens is 280 g/mol. The van der Waals surface area contributed by atoms with Gasteiger partial charge in [0.1, 0.15) is 0 Å². The van der Waals surface area contributed by atoms with E-state index in [4.69, 9.17) is 11.6 Å².